The molecule has 1 aliphatic rings. The Balaban J connectivity index is 1.75. The molecule has 1 fully saturated rings. The molecule has 1 aromatic heterocycles. The van der Waals surface area contributed by atoms with Crippen molar-refractivity contribution < 1.29 is 0 Å². The second-order valence-corrected chi connectivity index (χ2v) is 7.82. The van der Waals surface area contributed by atoms with Crippen molar-refractivity contribution in [3.8, 4) is 0 Å². The van der Waals surface area contributed by atoms with Crippen LogP contribution in [0.15, 0.2) is 58.5 Å². The molecule has 3 nitrogen and oxygen atoms in total. The van der Waals surface area contributed by atoms with Gasteiger partial charge in [-0.05, 0) is 42.7 Å². The average molecular weight is 371 g/mol. The Morgan fingerprint density at radius 3 is 2.72 bits per heavy atom. The zero-order chi connectivity index (χ0) is 17.2. The number of hydrogen-bond acceptors (Lipinski definition) is 3. The van der Waals surface area contributed by atoms with E-state index in [1.54, 1.807) is 11.8 Å². The van der Waals surface area contributed by atoms with Crippen LogP contribution in [0.1, 0.15) is 37.3 Å². The molecule has 0 bridgehead atoms. The van der Waals surface area contributed by atoms with Crippen LogP contribution >= 0.6 is 23.4 Å². The van der Waals surface area contributed by atoms with Gasteiger partial charge < -0.3 is 0 Å². The fourth-order valence-electron chi connectivity index (χ4n) is 3.49. The Morgan fingerprint density at radius 1 is 1.12 bits per heavy atom. The highest BCUT2D eigenvalue weighted by Crippen LogP contribution is 2.33. The van der Waals surface area contributed by atoms with Crippen LogP contribution in [0.25, 0.3) is 10.9 Å². The molecule has 0 spiro atoms. The molecular formula is C20H19ClN2OS. The minimum absolute atomic E-state index is 0.0890. The van der Waals surface area contributed by atoms with Gasteiger partial charge in [-0.15, -0.1) is 0 Å². The number of fused-ring (bicyclic) bond motifs is 1. The smallest absolute Gasteiger partial charge is 0.262 e. The van der Waals surface area contributed by atoms with Gasteiger partial charge in [-0.3, -0.25) is 9.36 Å². The largest absolute Gasteiger partial charge is 0.284 e. The number of hydrogen-bond donors (Lipinski definition) is 0. The first kappa shape index (κ1) is 16.7. The average Bonchev–Trinajstić information content (AvgIpc) is 3.14. The first-order valence-electron chi connectivity index (χ1n) is 8.61. The van der Waals surface area contributed by atoms with E-state index in [2.05, 4.69) is 6.07 Å². The molecule has 3 aromatic rings. The summed E-state index contributed by atoms with van der Waals surface area (Å²) in [5.74, 6) is 0.748. The summed E-state index contributed by atoms with van der Waals surface area (Å²) in [6.07, 6.45) is 4.49. The summed E-state index contributed by atoms with van der Waals surface area (Å²) in [5, 5.41) is 2.26. The van der Waals surface area contributed by atoms with Crippen LogP contribution in [-0.2, 0) is 5.75 Å². The minimum atomic E-state index is 0.0890. The topological polar surface area (TPSA) is 34.9 Å². The summed E-state index contributed by atoms with van der Waals surface area (Å²) in [6.45, 7) is 0. The Morgan fingerprint density at radius 2 is 1.92 bits per heavy atom. The SMILES string of the molecule is O=c1c2ccccc2nc(SCc2cccc(Cl)c2)n1C1CCCC1. The lowest BCUT2D eigenvalue weighted by molar-refractivity contribution is 0.457. The van der Waals surface area contributed by atoms with Crippen molar-refractivity contribution in [3.05, 3.63) is 69.5 Å². The number of thioether (sulfide) groups is 1. The van der Waals surface area contributed by atoms with E-state index in [1.807, 2.05) is 47.0 Å². The molecule has 25 heavy (non-hydrogen) atoms. The molecule has 0 saturated heterocycles. The maximum Gasteiger partial charge on any atom is 0.262 e. The van der Waals surface area contributed by atoms with Crippen LogP contribution in [-0.4, -0.2) is 9.55 Å². The monoisotopic (exact) mass is 370 g/mol. The van der Waals surface area contributed by atoms with Gasteiger partial charge in [0.05, 0.1) is 10.9 Å². The zero-order valence-electron chi connectivity index (χ0n) is 13.8. The first-order chi connectivity index (χ1) is 12.2. The van der Waals surface area contributed by atoms with Gasteiger partial charge >= 0.3 is 0 Å². The van der Waals surface area contributed by atoms with E-state index in [9.17, 15) is 4.79 Å². The van der Waals surface area contributed by atoms with Crippen LogP contribution in [0.5, 0.6) is 0 Å². The third kappa shape index (κ3) is 3.46. The van der Waals surface area contributed by atoms with Gasteiger partial charge in [0, 0.05) is 16.8 Å². The summed E-state index contributed by atoms with van der Waals surface area (Å²) >= 11 is 7.70. The molecule has 0 aliphatic heterocycles. The predicted octanol–water partition coefficient (Wildman–Crippen LogP) is 5.46. The standard InChI is InChI=1S/C20H19ClN2OS/c21-15-7-5-6-14(12-15)13-25-20-22-18-11-4-3-10-17(18)19(24)23(20)16-8-1-2-9-16/h3-7,10-12,16H,1-2,8-9,13H2. The summed E-state index contributed by atoms with van der Waals surface area (Å²) in [6, 6.07) is 15.7. The van der Waals surface area contributed by atoms with E-state index in [0.717, 1.165) is 39.9 Å². The third-order valence-electron chi connectivity index (χ3n) is 4.72. The molecule has 0 atom stereocenters. The van der Waals surface area contributed by atoms with Crippen molar-refractivity contribution in [2.24, 2.45) is 0 Å². The molecule has 0 amide bonds. The summed E-state index contributed by atoms with van der Waals surface area (Å²) in [7, 11) is 0. The number of aromatic nitrogens is 2. The molecule has 0 unspecified atom stereocenters. The lowest BCUT2D eigenvalue weighted by Crippen LogP contribution is -2.26. The maximum atomic E-state index is 13.1. The lowest BCUT2D eigenvalue weighted by atomic mass is 10.2. The second kappa shape index (κ2) is 7.22. The molecule has 0 radical (unpaired) electrons. The highest BCUT2D eigenvalue weighted by molar-refractivity contribution is 7.98. The van der Waals surface area contributed by atoms with Crippen molar-refractivity contribution in [1.29, 1.82) is 0 Å². The molecular weight excluding hydrogens is 352 g/mol. The number of nitrogens with zero attached hydrogens (tertiary/aromatic N) is 2. The molecule has 1 heterocycles. The van der Waals surface area contributed by atoms with Crippen LogP contribution in [0, 0.1) is 0 Å². The number of halogens is 1. The summed E-state index contributed by atoms with van der Waals surface area (Å²) in [5.41, 5.74) is 2.00. The van der Waals surface area contributed by atoms with Gasteiger partial charge in [-0.1, -0.05) is 60.5 Å². The predicted molar refractivity (Wildman–Crippen MR) is 105 cm³/mol. The van der Waals surface area contributed by atoms with Crippen molar-refractivity contribution in [1.82, 2.24) is 9.55 Å². The van der Waals surface area contributed by atoms with Gasteiger partial charge in [-0.25, -0.2) is 4.98 Å². The number of para-hydroxylation sites is 1. The summed E-state index contributed by atoms with van der Waals surface area (Å²) < 4.78 is 1.94. The number of rotatable bonds is 4. The van der Waals surface area contributed by atoms with Crippen molar-refractivity contribution in [3.63, 3.8) is 0 Å². The highest BCUT2D eigenvalue weighted by atomic mass is 35.5. The van der Waals surface area contributed by atoms with Crippen molar-refractivity contribution >= 4 is 34.3 Å². The fraction of sp³-hybridized carbons (Fsp3) is 0.300. The van der Waals surface area contributed by atoms with E-state index in [0.29, 0.717) is 5.39 Å². The van der Waals surface area contributed by atoms with E-state index in [1.165, 1.54) is 12.8 Å². The summed E-state index contributed by atoms with van der Waals surface area (Å²) in [4.78, 5) is 17.9. The molecule has 1 saturated carbocycles. The van der Waals surface area contributed by atoms with E-state index >= 15 is 0 Å². The molecule has 0 N–H and O–H groups in total. The minimum Gasteiger partial charge on any atom is -0.284 e. The van der Waals surface area contributed by atoms with Crippen LogP contribution in [0.2, 0.25) is 5.02 Å². The van der Waals surface area contributed by atoms with Crippen molar-refractivity contribution in [2.75, 3.05) is 0 Å². The Bertz CT molecular complexity index is 963. The van der Waals surface area contributed by atoms with Gasteiger partial charge in [0.25, 0.3) is 5.56 Å². The van der Waals surface area contributed by atoms with Crippen LogP contribution in [0.3, 0.4) is 0 Å². The molecule has 1 aliphatic carbocycles. The van der Waals surface area contributed by atoms with Crippen molar-refractivity contribution in [2.45, 2.75) is 42.6 Å². The van der Waals surface area contributed by atoms with Gasteiger partial charge in [0.2, 0.25) is 0 Å². The van der Waals surface area contributed by atoms with Gasteiger partial charge in [0.15, 0.2) is 5.16 Å². The van der Waals surface area contributed by atoms with Crippen LogP contribution < -0.4 is 5.56 Å². The Labute approximate surface area is 156 Å². The Hall–Kier alpha value is -1.78. The quantitative estimate of drug-likeness (QED) is 0.452. The maximum absolute atomic E-state index is 13.1. The fourth-order valence-corrected chi connectivity index (χ4v) is 4.71. The van der Waals surface area contributed by atoms with Crippen LogP contribution in [0.4, 0.5) is 0 Å². The van der Waals surface area contributed by atoms with Gasteiger partial charge in [0.1, 0.15) is 0 Å². The molecule has 4 rings (SSSR count). The number of benzene rings is 2. The second-order valence-electron chi connectivity index (χ2n) is 6.44. The normalized spacial score (nSPS) is 15.1. The highest BCUT2D eigenvalue weighted by Gasteiger charge is 2.22. The first-order valence-corrected chi connectivity index (χ1v) is 9.97. The van der Waals surface area contributed by atoms with E-state index < -0.39 is 0 Å². The lowest BCUT2D eigenvalue weighted by Gasteiger charge is -2.18. The van der Waals surface area contributed by atoms with Gasteiger partial charge in [-0.2, -0.15) is 0 Å². The zero-order valence-corrected chi connectivity index (χ0v) is 15.4. The molecule has 128 valence electrons. The third-order valence-corrected chi connectivity index (χ3v) is 5.98. The Kier molecular flexibility index (Phi) is 4.82. The van der Waals surface area contributed by atoms with E-state index in [-0.39, 0.29) is 11.6 Å². The van der Waals surface area contributed by atoms with E-state index in [4.69, 9.17) is 16.6 Å². The molecule has 5 heteroatoms. The molecule has 2 aromatic carbocycles.